The van der Waals surface area contributed by atoms with Crippen LogP contribution in [0, 0.1) is 11.8 Å². The second kappa shape index (κ2) is 12.1. The van der Waals surface area contributed by atoms with E-state index < -0.39 is 0 Å². The van der Waals surface area contributed by atoms with Crippen LogP contribution in [0.5, 0.6) is 0 Å². The van der Waals surface area contributed by atoms with Gasteiger partial charge in [-0.15, -0.1) is 24.0 Å². The summed E-state index contributed by atoms with van der Waals surface area (Å²) < 4.78 is 4.93. The maximum Gasteiger partial charge on any atom is 0.310 e. The van der Waals surface area contributed by atoms with Crippen LogP contribution in [0.4, 0.5) is 5.82 Å². The molecule has 0 aromatic carbocycles. The summed E-state index contributed by atoms with van der Waals surface area (Å²) >= 11 is 0. The topological polar surface area (TPSA) is 70.1 Å². The molecule has 2 rings (SSSR count). The number of ether oxygens (including phenoxy) is 1. The summed E-state index contributed by atoms with van der Waals surface area (Å²) in [6.07, 6.45) is 1.89. The fourth-order valence-corrected chi connectivity index (χ4v) is 3.43. The summed E-state index contributed by atoms with van der Waals surface area (Å²) in [6.45, 7) is 13.1. The number of hydrogen-bond donors (Lipinski definition) is 1. The number of anilines is 1. The molecule has 2 atom stereocenters. The maximum atomic E-state index is 11.9. The van der Waals surface area contributed by atoms with Gasteiger partial charge in [0.05, 0.1) is 19.6 Å². The van der Waals surface area contributed by atoms with Crippen molar-refractivity contribution in [3.8, 4) is 0 Å². The Bertz CT molecular complexity index is 634. The van der Waals surface area contributed by atoms with Gasteiger partial charge in [0.25, 0.3) is 0 Å². The first-order valence-corrected chi connectivity index (χ1v) is 9.84. The van der Waals surface area contributed by atoms with Crippen molar-refractivity contribution < 1.29 is 9.53 Å². The SMILES string of the molecule is CCNC(=NCc1ccc(N(CC)CC)nc1)N1CC(C)C(C(=O)OC)C1.I. The van der Waals surface area contributed by atoms with Crippen LogP contribution in [0.3, 0.4) is 0 Å². The Morgan fingerprint density at radius 3 is 2.57 bits per heavy atom. The van der Waals surface area contributed by atoms with E-state index >= 15 is 0 Å². The molecule has 28 heavy (non-hydrogen) atoms. The van der Waals surface area contributed by atoms with Crippen LogP contribution in [-0.2, 0) is 16.1 Å². The van der Waals surface area contributed by atoms with E-state index in [0.29, 0.717) is 13.1 Å². The minimum absolute atomic E-state index is 0. The third-order valence-electron chi connectivity index (χ3n) is 5.06. The highest BCUT2D eigenvalue weighted by atomic mass is 127. The zero-order valence-corrected chi connectivity index (χ0v) is 20.0. The second-order valence-electron chi connectivity index (χ2n) is 6.88. The van der Waals surface area contributed by atoms with Gasteiger partial charge in [-0.1, -0.05) is 13.0 Å². The van der Waals surface area contributed by atoms with E-state index in [0.717, 1.165) is 43.5 Å². The molecule has 1 aromatic heterocycles. The molecule has 1 aromatic rings. The van der Waals surface area contributed by atoms with Gasteiger partial charge in [0.2, 0.25) is 0 Å². The first kappa shape index (κ1) is 24.5. The molecular formula is C20H34IN5O2. The number of aliphatic imine (C=N–C) groups is 1. The van der Waals surface area contributed by atoms with Gasteiger partial charge in [0.15, 0.2) is 5.96 Å². The Balaban J connectivity index is 0.00000392. The van der Waals surface area contributed by atoms with Gasteiger partial charge in [-0.05, 0) is 38.3 Å². The molecule has 0 radical (unpaired) electrons. The van der Waals surface area contributed by atoms with Crippen LogP contribution < -0.4 is 10.2 Å². The van der Waals surface area contributed by atoms with Crippen molar-refractivity contribution in [1.29, 1.82) is 0 Å². The Kier molecular flexibility index (Phi) is 10.6. The molecule has 1 aliphatic heterocycles. The monoisotopic (exact) mass is 503 g/mol. The molecule has 0 saturated carbocycles. The van der Waals surface area contributed by atoms with E-state index in [2.05, 4.69) is 53.0 Å². The lowest BCUT2D eigenvalue weighted by molar-refractivity contribution is -0.145. The highest BCUT2D eigenvalue weighted by molar-refractivity contribution is 14.0. The molecule has 2 heterocycles. The molecule has 8 heteroatoms. The van der Waals surface area contributed by atoms with Crippen LogP contribution >= 0.6 is 24.0 Å². The predicted octanol–water partition coefficient (Wildman–Crippen LogP) is 2.75. The Hall–Kier alpha value is -1.58. The fraction of sp³-hybridized carbons (Fsp3) is 0.650. The first-order valence-electron chi connectivity index (χ1n) is 9.84. The summed E-state index contributed by atoms with van der Waals surface area (Å²) in [4.78, 5) is 25.6. The average molecular weight is 503 g/mol. The van der Waals surface area contributed by atoms with Crippen molar-refractivity contribution in [2.45, 2.75) is 34.2 Å². The molecule has 0 bridgehead atoms. The Morgan fingerprint density at radius 2 is 2.04 bits per heavy atom. The summed E-state index contributed by atoms with van der Waals surface area (Å²) in [5.74, 6) is 1.83. The summed E-state index contributed by atoms with van der Waals surface area (Å²) in [7, 11) is 1.45. The van der Waals surface area contributed by atoms with Crippen molar-refractivity contribution in [2.24, 2.45) is 16.8 Å². The van der Waals surface area contributed by atoms with Gasteiger partial charge < -0.3 is 19.9 Å². The minimum atomic E-state index is -0.142. The van der Waals surface area contributed by atoms with Crippen LogP contribution in [0.1, 0.15) is 33.3 Å². The molecule has 0 aliphatic carbocycles. The zero-order chi connectivity index (χ0) is 19.8. The van der Waals surface area contributed by atoms with E-state index in [1.54, 1.807) is 0 Å². The molecule has 1 saturated heterocycles. The van der Waals surface area contributed by atoms with Gasteiger partial charge in [0, 0.05) is 38.9 Å². The normalized spacial score (nSPS) is 19.2. The number of halogens is 1. The highest BCUT2D eigenvalue weighted by Gasteiger charge is 2.36. The third kappa shape index (κ3) is 6.22. The van der Waals surface area contributed by atoms with Gasteiger partial charge in [-0.2, -0.15) is 0 Å². The van der Waals surface area contributed by atoms with E-state index in [1.807, 2.05) is 13.1 Å². The number of rotatable bonds is 7. The van der Waals surface area contributed by atoms with E-state index in [4.69, 9.17) is 9.73 Å². The number of guanidine groups is 1. The van der Waals surface area contributed by atoms with Gasteiger partial charge >= 0.3 is 5.97 Å². The van der Waals surface area contributed by atoms with Crippen molar-refractivity contribution in [3.63, 3.8) is 0 Å². The molecule has 0 amide bonds. The predicted molar refractivity (Wildman–Crippen MR) is 124 cm³/mol. The quantitative estimate of drug-likeness (QED) is 0.267. The van der Waals surface area contributed by atoms with Crippen LogP contribution in [0.15, 0.2) is 23.3 Å². The largest absolute Gasteiger partial charge is 0.469 e. The third-order valence-corrected chi connectivity index (χ3v) is 5.06. The molecule has 158 valence electrons. The van der Waals surface area contributed by atoms with Crippen LogP contribution in [-0.4, -0.2) is 61.6 Å². The molecule has 7 nitrogen and oxygen atoms in total. The van der Waals surface area contributed by atoms with E-state index in [9.17, 15) is 4.79 Å². The summed E-state index contributed by atoms with van der Waals surface area (Å²) in [5, 5.41) is 3.34. The minimum Gasteiger partial charge on any atom is -0.469 e. The Morgan fingerprint density at radius 1 is 1.32 bits per heavy atom. The first-order chi connectivity index (χ1) is 13.0. The molecule has 1 fully saturated rings. The average Bonchev–Trinajstić information content (AvgIpc) is 3.08. The standard InChI is InChI=1S/C20H33N5O2.HI/c1-6-21-20(25-13-15(4)17(14-25)19(26)27-5)23-12-16-9-10-18(22-11-16)24(7-2)8-3;/h9-11,15,17H,6-8,12-14H2,1-5H3,(H,21,23);1H. The Labute approximate surface area is 186 Å². The van der Waals surface area contributed by atoms with Crippen molar-refractivity contribution >= 4 is 41.7 Å². The van der Waals surface area contributed by atoms with Crippen molar-refractivity contribution in [3.05, 3.63) is 23.9 Å². The summed E-state index contributed by atoms with van der Waals surface area (Å²) in [6, 6.07) is 4.13. The van der Waals surface area contributed by atoms with Crippen LogP contribution in [0.2, 0.25) is 0 Å². The number of carbonyl (C=O) groups excluding carboxylic acids is 1. The lowest BCUT2D eigenvalue weighted by Gasteiger charge is -2.21. The molecule has 1 N–H and O–H groups in total. The smallest absolute Gasteiger partial charge is 0.310 e. The number of nitrogens with one attached hydrogen (secondary N) is 1. The number of esters is 1. The lowest BCUT2D eigenvalue weighted by atomic mass is 9.99. The van der Waals surface area contributed by atoms with Gasteiger partial charge in [-0.25, -0.2) is 9.98 Å². The number of carbonyl (C=O) groups is 1. The number of aromatic nitrogens is 1. The lowest BCUT2D eigenvalue weighted by Crippen LogP contribution is -2.40. The van der Waals surface area contributed by atoms with E-state index in [1.165, 1.54) is 7.11 Å². The fourth-order valence-electron chi connectivity index (χ4n) is 3.43. The van der Waals surface area contributed by atoms with Crippen molar-refractivity contribution in [2.75, 3.05) is 44.7 Å². The molecular weight excluding hydrogens is 469 g/mol. The van der Waals surface area contributed by atoms with E-state index in [-0.39, 0.29) is 41.8 Å². The number of likely N-dealkylation sites (tertiary alicyclic amines) is 1. The maximum absolute atomic E-state index is 11.9. The molecule has 2 unspecified atom stereocenters. The highest BCUT2D eigenvalue weighted by Crippen LogP contribution is 2.24. The summed E-state index contributed by atoms with van der Waals surface area (Å²) in [5.41, 5.74) is 1.07. The number of pyridine rings is 1. The number of nitrogens with zero attached hydrogens (tertiary/aromatic N) is 4. The van der Waals surface area contributed by atoms with Gasteiger partial charge in [-0.3, -0.25) is 4.79 Å². The number of hydrogen-bond acceptors (Lipinski definition) is 5. The molecule has 1 aliphatic rings. The number of methoxy groups -OCH3 is 1. The molecule has 0 spiro atoms. The second-order valence-corrected chi connectivity index (χ2v) is 6.88. The van der Waals surface area contributed by atoms with Crippen LogP contribution in [0.25, 0.3) is 0 Å². The van der Waals surface area contributed by atoms with Crippen molar-refractivity contribution in [1.82, 2.24) is 15.2 Å². The van der Waals surface area contributed by atoms with Gasteiger partial charge in [0.1, 0.15) is 5.82 Å². The zero-order valence-electron chi connectivity index (χ0n) is 17.6.